The van der Waals surface area contributed by atoms with E-state index >= 15 is 0 Å². The van der Waals surface area contributed by atoms with Crippen LogP contribution in [0.2, 0.25) is 0 Å². The highest BCUT2D eigenvalue weighted by Gasteiger charge is 2.26. The van der Waals surface area contributed by atoms with Crippen LogP contribution in [0.15, 0.2) is 41.6 Å². The molecular weight excluding hydrogens is 314 g/mol. The number of para-hydroxylation sites is 1. The molecule has 126 valence electrons. The smallest absolute Gasteiger partial charge is 0.272 e. The summed E-state index contributed by atoms with van der Waals surface area (Å²) in [6, 6.07) is 9.63. The maximum Gasteiger partial charge on any atom is 0.272 e. The van der Waals surface area contributed by atoms with Gasteiger partial charge in [0.15, 0.2) is 0 Å². The van der Waals surface area contributed by atoms with E-state index in [1.165, 1.54) is 0 Å². The molecule has 0 aliphatic heterocycles. The van der Waals surface area contributed by atoms with Crippen molar-refractivity contribution in [2.24, 2.45) is 12.1 Å². The monoisotopic (exact) mass is 333 g/mol. The van der Waals surface area contributed by atoms with Gasteiger partial charge in [0.2, 0.25) is 0 Å². The first-order valence-electron chi connectivity index (χ1n) is 8.35. The average molecular weight is 333 g/mol. The first-order valence-corrected chi connectivity index (χ1v) is 8.35. The van der Waals surface area contributed by atoms with E-state index in [-0.39, 0.29) is 5.91 Å². The molecule has 2 aromatic heterocycles. The topological polar surface area (TPSA) is 72.2 Å². The summed E-state index contributed by atoms with van der Waals surface area (Å²) in [5.41, 5.74) is 6.84. The first kappa shape index (κ1) is 15.5. The van der Waals surface area contributed by atoms with Crippen molar-refractivity contribution in [1.29, 1.82) is 0 Å². The number of carbonyl (C=O) groups excluding carboxylic acids is 1. The molecule has 6 heteroatoms. The van der Waals surface area contributed by atoms with E-state index in [9.17, 15) is 4.79 Å². The second kappa shape index (κ2) is 6.12. The van der Waals surface area contributed by atoms with Gasteiger partial charge in [0.05, 0.1) is 23.0 Å². The molecule has 0 atom stereocenters. The van der Waals surface area contributed by atoms with E-state index in [1.807, 2.05) is 50.5 Å². The molecule has 0 saturated heterocycles. The number of hydrazone groups is 1. The maximum absolute atomic E-state index is 12.7. The highest BCUT2D eigenvalue weighted by atomic mass is 16.2. The molecule has 1 aliphatic rings. The number of aromatic nitrogens is 3. The fourth-order valence-electron chi connectivity index (χ4n) is 2.94. The van der Waals surface area contributed by atoms with Crippen molar-refractivity contribution in [3.63, 3.8) is 0 Å². The van der Waals surface area contributed by atoms with E-state index < -0.39 is 0 Å². The summed E-state index contributed by atoms with van der Waals surface area (Å²) >= 11 is 0. The number of nitrogens with one attached hydrogen (secondary N) is 1. The van der Waals surface area contributed by atoms with Crippen LogP contribution in [0, 0.1) is 6.92 Å². The van der Waals surface area contributed by atoms with Crippen molar-refractivity contribution in [3.05, 3.63) is 59.0 Å². The lowest BCUT2D eigenvalue weighted by Gasteiger charge is -2.08. The second-order valence-electron chi connectivity index (χ2n) is 6.43. The van der Waals surface area contributed by atoms with Crippen LogP contribution in [0.1, 0.15) is 46.1 Å². The highest BCUT2D eigenvalue weighted by molar-refractivity contribution is 6.06. The van der Waals surface area contributed by atoms with Crippen LogP contribution in [0.3, 0.4) is 0 Å². The number of aryl methyl sites for hydroxylation is 2. The van der Waals surface area contributed by atoms with Gasteiger partial charge in [-0.1, -0.05) is 18.2 Å². The number of rotatable bonds is 4. The van der Waals surface area contributed by atoms with Crippen LogP contribution in [0.25, 0.3) is 10.9 Å². The molecule has 1 aliphatic carbocycles. The lowest BCUT2D eigenvalue weighted by Crippen LogP contribution is -2.18. The van der Waals surface area contributed by atoms with Gasteiger partial charge in [0.1, 0.15) is 0 Å². The molecule has 1 amide bonds. The molecule has 2 heterocycles. The number of pyridine rings is 1. The summed E-state index contributed by atoms with van der Waals surface area (Å²) in [5.74, 6) is 0.260. The van der Waals surface area contributed by atoms with Gasteiger partial charge in [-0.2, -0.15) is 10.2 Å². The highest BCUT2D eigenvalue weighted by Crippen LogP contribution is 2.40. The molecule has 0 unspecified atom stereocenters. The van der Waals surface area contributed by atoms with Crippen LogP contribution >= 0.6 is 0 Å². The Bertz CT molecular complexity index is 985. The molecule has 1 fully saturated rings. The summed E-state index contributed by atoms with van der Waals surface area (Å²) in [7, 11) is 1.85. The van der Waals surface area contributed by atoms with Gasteiger partial charge < -0.3 is 0 Å². The number of nitrogens with zero attached hydrogens (tertiary/aromatic N) is 4. The summed E-state index contributed by atoms with van der Waals surface area (Å²) < 4.78 is 1.72. The number of fused-ring (bicyclic) bond motifs is 1. The molecule has 25 heavy (non-hydrogen) atoms. The fraction of sp³-hybridized carbons (Fsp3) is 0.263. The standard InChI is InChI=1S/C19H19N5O/c1-12-14(11-24(2)23-12)10-20-22-19(25)16-9-18(13-7-8-13)21-17-6-4-3-5-15(16)17/h3-6,9-11,13H,7-8H2,1-2H3,(H,22,25). The van der Waals surface area contributed by atoms with E-state index in [0.717, 1.165) is 40.7 Å². The normalized spacial score (nSPS) is 14.3. The number of amides is 1. The Morgan fingerprint density at radius 3 is 2.88 bits per heavy atom. The van der Waals surface area contributed by atoms with E-state index in [0.29, 0.717) is 11.5 Å². The number of carbonyl (C=O) groups is 1. The molecule has 1 saturated carbocycles. The van der Waals surface area contributed by atoms with Crippen molar-refractivity contribution < 1.29 is 4.79 Å². The van der Waals surface area contributed by atoms with Gasteiger partial charge >= 0.3 is 0 Å². The van der Waals surface area contributed by atoms with Gasteiger partial charge in [0.25, 0.3) is 5.91 Å². The molecule has 4 rings (SSSR count). The molecule has 6 nitrogen and oxygen atoms in total. The third kappa shape index (κ3) is 3.15. The van der Waals surface area contributed by atoms with Crippen molar-refractivity contribution in [3.8, 4) is 0 Å². The van der Waals surface area contributed by atoms with E-state index in [1.54, 1.807) is 10.9 Å². The van der Waals surface area contributed by atoms with E-state index in [2.05, 4.69) is 15.6 Å². The van der Waals surface area contributed by atoms with Gasteiger partial charge in [-0.3, -0.25) is 14.5 Å². The molecule has 0 bridgehead atoms. The first-order chi connectivity index (χ1) is 12.1. The third-order valence-electron chi connectivity index (χ3n) is 4.40. The largest absolute Gasteiger partial charge is 0.275 e. The van der Waals surface area contributed by atoms with Gasteiger partial charge in [-0.05, 0) is 31.9 Å². The van der Waals surface area contributed by atoms with Crippen LogP contribution in [0.4, 0.5) is 0 Å². The van der Waals surface area contributed by atoms with E-state index in [4.69, 9.17) is 4.98 Å². The summed E-state index contributed by atoms with van der Waals surface area (Å²) in [5, 5.41) is 9.19. The molecule has 0 radical (unpaired) electrons. The number of benzene rings is 1. The zero-order valence-corrected chi connectivity index (χ0v) is 14.2. The zero-order chi connectivity index (χ0) is 17.4. The summed E-state index contributed by atoms with van der Waals surface area (Å²) in [6.07, 6.45) is 5.76. The molecule has 0 spiro atoms. The Hall–Kier alpha value is -3.02. The lowest BCUT2D eigenvalue weighted by molar-refractivity contribution is 0.0956. The Kier molecular flexibility index (Phi) is 3.80. The third-order valence-corrected chi connectivity index (χ3v) is 4.40. The Morgan fingerprint density at radius 2 is 2.16 bits per heavy atom. The second-order valence-corrected chi connectivity index (χ2v) is 6.43. The SMILES string of the molecule is Cc1nn(C)cc1C=NNC(=O)c1cc(C2CC2)nc2ccccc12. The van der Waals surface area contributed by atoms with Crippen LogP contribution in [0.5, 0.6) is 0 Å². The van der Waals surface area contributed by atoms with Gasteiger partial charge in [0, 0.05) is 35.8 Å². The Balaban J connectivity index is 1.62. The molecular formula is C19H19N5O. The quantitative estimate of drug-likeness (QED) is 0.589. The molecule has 3 aromatic rings. The van der Waals surface area contributed by atoms with Crippen LogP contribution in [-0.4, -0.2) is 26.9 Å². The minimum absolute atomic E-state index is 0.224. The van der Waals surface area contributed by atoms with Crippen molar-refractivity contribution in [1.82, 2.24) is 20.2 Å². The van der Waals surface area contributed by atoms with Crippen molar-refractivity contribution in [2.75, 3.05) is 0 Å². The van der Waals surface area contributed by atoms with Crippen LogP contribution < -0.4 is 5.43 Å². The lowest BCUT2D eigenvalue weighted by atomic mass is 10.1. The predicted octanol–water partition coefficient (Wildman–Crippen LogP) is 2.92. The molecule has 1 aromatic carbocycles. The fourth-order valence-corrected chi connectivity index (χ4v) is 2.94. The minimum Gasteiger partial charge on any atom is -0.275 e. The summed E-state index contributed by atoms with van der Waals surface area (Å²) in [6.45, 7) is 1.90. The van der Waals surface area contributed by atoms with Gasteiger partial charge in [-0.15, -0.1) is 0 Å². The Morgan fingerprint density at radius 1 is 1.36 bits per heavy atom. The Labute approximate surface area is 145 Å². The number of hydrogen-bond acceptors (Lipinski definition) is 4. The van der Waals surface area contributed by atoms with Crippen molar-refractivity contribution >= 4 is 23.0 Å². The summed E-state index contributed by atoms with van der Waals surface area (Å²) in [4.78, 5) is 17.4. The minimum atomic E-state index is -0.224. The molecule has 1 N–H and O–H groups in total. The maximum atomic E-state index is 12.7. The van der Waals surface area contributed by atoms with Gasteiger partial charge in [-0.25, -0.2) is 5.43 Å². The number of hydrogen-bond donors (Lipinski definition) is 1. The predicted molar refractivity (Wildman–Crippen MR) is 96.7 cm³/mol. The average Bonchev–Trinajstić information content (AvgIpc) is 3.40. The van der Waals surface area contributed by atoms with Crippen molar-refractivity contribution in [2.45, 2.75) is 25.7 Å². The zero-order valence-electron chi connectivity index (χ0n) is 14.2. The van der Waals surface area contributed by atoms with Crippen LogP contribution in [-0.2, 0) is 7.05 Å².